The van der Waals surface area contributed by atoms with Gasteiger partial charge in [0.05, 0.1) is 11.1 Å². The number of nitrogens with one attached hydrogen (secondary N) is 2. The first-order valence-electron chi connectivity index (χ1n) is 9.44. The zero-order chi connectivity index (χ0) is 26.5. The number of halogens is 7. The number of benzene rings is 2. The summed E-state index contributed by atoms with van der Waals surface area (Å²) in [6.07, 6.45) is -14.6. The standard InChI is InChI=1S/C19H12F6IN7O3/c20-18(21,22)14(19(23,24)25)36-17-30-15(28-12-6-1-2-7-13(12)33(34)35)29-16(31-17)32-27-9-10-4-3-5-11(26)8-10/h1-9,14H,(H2,28,29,30,31,32)/b27-9+. The summed E-state index contributed by atoms with van der Waals surface area (Å²) in [4.78, 5) is 21.0. The molecule has 0 aliphatic carbocycles. The highest BCUT2D eigenvalue weighted by molar-refractivity contribution is 14.1. The third kappa shape index (κ3) is 7.36. The Bertz CT molecular complexity index is 1260. The fourth-order valence-electron chi connectivity index (χ4n) is 2.55. The minimum absolute atomic E-state index is 0.198. The molecule has 1 heterocycles. The molecule has 0 radical (unpaired) electrons. The molecule has 0 saturated carbocycles. The van der Waals surface area contributed by atoms with E-state index < -0.39 is 47.0 Å². The molecule has 0 atom stereocenters. The van der Waals surface area contributed by atoms with Crippen LogP contribution in [0.4, 0.5) is 49.6 Å². The molecule has 0 spiro atoms. The number of hydrogen-bond donors (Lipinski definition) is 2. The average Bonchev–Trinajstić information content (AvgIpc) is 2.76. The van der Waals surface area contributed by atoms with Gasteiger partial charge in [0, 0.05) is 9.64 Å². The molecule has 0 unspecified atom stereocenters. The molecule has 3 aromatic rings. The number of rotatable bonds is 8. The third-order valence-corrected chi connectivity index (χ3v) is 4.68. The van der Waals surface area contributed by atoms with Crippen LogP contribution in [0.25, 0.3) is 0 Å². The van der Waals surface area contributed by atoms with Gasteiger partial charge >= 0.3 is 18.4 Å². The number of hydrazone groups is 1. The minimum Gasteiger partial charge on any atom is -0.440 e. The van der Waals surface area contributed by atoms with Gasteiger partial charge in [-0.15, -0.1) is 0 Å². The number of nitrogens with zero attached hydrogens (tertiary/aromatic N) is 5. The smallest absolute Gasteiger partial charge is 0.434 e. The van der Waals surface area contributed by atoms with E-state index in [0.717, 1.165) is 9.64 Å². The summed E-state index contributed by atoms with van der Waals surface area (Å²) in [6.45, 7) is 0. The highest BCUT2D eigenvalue weighted by atomic mass is 127. The maximum absolute atomic E-state index is 13.0. The number of para-hydroxylation sites is 2. The van der Waals surface area contributed by atoms with Crippen molar-refractivity contribution in [1.29, 1.82) is 0 Å². The number of alkyl halides is 6. The van der Waals surface area contributed by atoms with Gasteiger partial charge in [0.2, 0.25) is 5.95 Å². The Morgan fingerprint density at radius 1 is 1.00 bits per heavy atom. The van der Waals surface area contributed by atoms with Crippen molar-refractivity contribution in [2.24, 2.45) is 5.10 Å². The van der Waals surface area contributed by atoms with E-state index in [-0.39, 0.29) is 5.69 Å². The summed E-state index contributed by atoms with van der Waals surface area (Å²) >= 11 is 2.05. The van der Waals surface area contributed by atoms with Gasteiger partial charge in [-0.2, -0.15) is 46.4 Å². The van der Waals surface area contributed by atoms with Crippen LogP contribution in [0.15, 0.2) is 53.6 Å². The maximum atomic E-state index is 13.0. The maximum Gasteiger partial charge on any atom is 0.434 e. The van der Waals surface area contributed by atoms with Crippen molar-refractivity contribution in [3.05, 3.63) is 67.8 Å². The number of anilines is 3. The molecule has 0 amide bonds. The second-order valence-corrected chi connectivity index (χ2v) is 7.92. The first-order valence-corrected chi connectivity index (χ1v) is 10.5. The number of nitro benzene ring substituents is 1. The topological polar surface area (TPSA) is 127 Å². The fraction of sp³-hybridized carbons (Fsp3) is 0.158. The van der Waals surface area contributed by atoms with Crippen LogP contribution in [0.1, 0.15) is 5.56 Å². The summed E-state index contributed by atoms with van der Waals surface area (Å²) < 4.78 is 82.7. The van der Waals surface area contributed by atoms with E-state index in [9.17, 15) is 36.5 Å². The quantitative estimate of drug-likeness (QED) is 0.111. The molecular weight excluding hydrogens is 615 g/mol. The van der Waals surface area contributed by atoms with Crippen LogP contribution in [0.3, 0.4) is 0 Å². The average molecular weight is 627 g/mol. The fourth-order valence-corrected chi connectivity index (χ4v) is 3.12. The Labute approximate surface area is 211 Å². The van der Waals surface area contributed by atoms with Crippen LogP contribution in [0.5, 0.6) is 6.01 Å². The molecule has 10 nitrogen and oxygen atoms in total. The van der Waals surface area contributed by atoms with Crippen molar-refractivity contribution in [3.63, 3.8) is 0 Å². The van der Waals surface area contributed by atoms with Crippen LogP contribution in [0.2, 0.25) is 0 Å². The van der Waals surface area contributed by atoms with Gasteiger partial charge in [0.15, 0.2) is 0 Å². The van der Waals surface area contributed by atoms with E-state index in [1.54, 1.807) is 24.3 Å². The molecule has 0 saturated heterocycles. The van der Waals surface area contributed by atoms with Crippen LogP contribution in [0, 0.1) is 13.7 Å². The van der Waals surface area contributed by atoms with Gasteiger partial charge in [-0.1, -0.05) is 24.3 Å². The Hall–Kier alpha value is -3.77. The summed E-state index contributed by atoms with van der Waals surface area (Å²) in [7, 11) is 0. The lowest BCUT2D eigenvalue weighted by molar-refractivity contribution is -0.383. The number of hydrogen-bond acceptors (Lipinski definition) is 9. The molecule has 36 heavy (non-hydrogen) atoms. The molecule has 1 aromatic heterocycles. The highest BCUT2D eigenvalue weighted by Gasteiger charge is 2.59. The molecule has 2 N–H and O–H groups in total. The Balaban J connectivity index is 1.97. The predicted octanol–water partition coefficient (Wildman–Crippen LogP) is 5.45. The lowest BCUT2D eigenvalue weighted by Crippen LogP contribution is -2.46. The molecule has 2 aromatic carbocycles. The SMILES string of the molecule is O=[N+]([O-])c1ccccc1Nc1nc(N/N=C/c2cccc(I)c2)nc(OC(C(F)(F)F)C(F)(F)F)n1. The van der Waals surface area contributed by atoms with E-state index in [1.807, 2.05) is 22.6 Å². The first-order chi connectivity index (χ1) is 16.8. The third-order valence-electron chi connectivity index (χ3n) is 4.01. The van der Waals surface area contributed by atoms with Gasteiger partial charge in [0.1, 0.15) is 5.69 Å². The second-order valence-electron chi connectivity index (χ2n) is 6.67. The van der Waals surface area contributed by atoms with E-state index in [1.165, 1.54) is 24.4 Å². The van der Waals surface area contributed by atoms with Crippen molar-refractivity contribution in [3.8, 4) is 6.01 Å². The number of aromatic nitrogens is 3. The van der Waals surface area contributed by atoms with E-state index in [2.05, 4.69) is 35.5 Å². The Morgan fingerprint density at radius 2 is 1.67 bits per heavy atom. The molecule has 0 aliphatic rings. The van der Waals surface area contributed by atoms with Crippen molar-refractivity contribution < 1.29 is 36.0 Å². The van der Waals surface area contributed by atoms with Crippen LogP contribution >= 0.6 is 22.6 Å². The van der Waals surface area contributed by atoms with Crippen LogP contribution < -0.4 is 15.5 Å². The summed E-state index contributed by atoms with van der Waals surface area (Å²) in [5.41, 5.74) is 2.20. The van der Waals surface area contributed by atoms with E-state index in [0.29, 0.717) is 5.56 Å². The van der Waals surface area contributed by atoms with E-state index >= 15 is 0 Å². The zero-order valence-corrected chi connectivity index (χ0v) is 19.5. The lowest BCUT2D eigenvalue weighted by Gasteiger charge is -2.22. The molecular formula is C19H12F6IN7O3. The normalized spacial score (nSPS) is 12.1. The summed E-state index contributed by atoms with van der Waals surface area (Å²) in [5.74, 6) is -1.25. The van der Waals surface area contributed by atoms with Crippen molar-refractivity contribution in [1.82, 2.24) is 15.0 Å². The van der Waals surface area contributed by atoms with Gasteiger partial charge in [0.25, 0.3) is 17.7 Å². The monoisotopic (exact) mass is 627 g/mol. The zero-order valence-electron chi connectivity index (χ0n) is 17.4. The van der Waals surface area contributed by atoms with Gasteiger partial charge < -0.3 is 10.1 Å². The van der Waals surface area contributed by atoms with Gasteiger partial charge in [-0.25, -0.2) is 5.43 Å². The number of nitro groups is 1. The Kier molecular flexibility index (Phi) is 8.10. The minimum atomic E-state index is -5.84. The predicted molar refractivity (Wildman–Crippen MR) is 123 cm³/mol. The van der Waals surface area contributed by atoms with Crippen molar-refractivity contribution in [2.45, 2.75) is 18.5 Å². The van der Waals surface area contributed by atoms with Crippen molar-refractivity contribution >= 4 is 52.1 Å². The highest BCUT2D eigenvalue weighted by Crippen LogP contribution is 2.36. The second kappa shape index (κ2) is 10.9. The van der Waals surface area contributed by atoms with Crippen LogP contribution in [-0.2, 0) is 0 Å². The number of ether oxygens (including phenoxy) is 1. The van der Waals surface area contributed by atoms with Gasteiger partial charge in [-0.3, -0.25) is 10.1 Å². The molecule has 0 aliphatic heterocycles. The first kappa shape index (κ1) is 26.8. The molecule has 3 rings (SSSR count). The van der Waals surface area contributed by atoms with E-state index in [4.69, 9.17) is 0 Å². The van der Waals surface area contributed by atoms with Gasteiger partial charge in [-0.05, 0) is 46.4 Å². The molecule has 17 heteroatoms. The summed E-state index contributed by atoms with van der Waals surface area (Å²) in [5, 5.41) is 17.4. The van der Waals surface area contributed by atoms with Crippen LogP contribution in [-0.4, -0.2) is 44.5 Å². The Morgan fingerprint density at radius 3 is 2.31 bits per heavy atom. The largest absolute Gasteiger partial charge is 0.440 e. The molecule has 0 fully saturated rings. The molecule has 0 bridgehead atoms. The lowest BCUT2D eigenvalue weighted by atomic mass is 10.2. The van der Waals surface area contributed by atoms with Crippen molar-refractivity contribution in [2.75, 3.05) is 10.7 Å². The summed E-state index contributed by atoms with van der Waals surface area (Å²) in [6, 6.07) is 10.6. The molecule has 190 valence electrons.